The van der Waals surface area contributed by atoms with Gasteiger partial charge >= 0.3 is 0 Å². The standard InChI is InChI=1S/C14H13BrN6OS/c1-8-5-11(18-17-8)13-19-20-14(23)21(13)16-7-9-6-10(15)3-4-12(9)22-2/h3-7H,1-2H3,(H,17,18)(H,20,23)/b16-7+. The number of hydrogen-bond acceptors (Lipinski definition) is 5. The van der Waals surface area contributed by atoms with E-state index in [1.807, 2.05) is 31.2 Å². The summed E-state index contributed by atoms with van der Waals surface area (Å²) in [4.78, 5) is 0. The highest BCUT2D eigenvalue weighted by Crippen LogP contribution is 2.22. The van der Waals surface area contributed by atoms with Gasteiger partial charge in [-0.2, -0.15) is 20.0 Å². The third-order valence-corrected chi connectivity index (χ3v) is 3.85. The van der Waals surface area contributed by atoms with Crippen molar-refractivity contribution >= 4 is 34.4 Å². The lowest BCUT2D eigenvalue weighted by Gasteiger charge is -2.04. The van der Waals surface area contributed by atoms with Crippen LogP contribution in [0.1, 0.15) is 11.3 Å². The number of halogens is 1. The summed E-state index contributed by atoms with van der Waals surface area (Å²) in [6.07, 6.45) is 1.66. The smallest absolute Gasteiger partial charge is 0.216 e. The van der Waals surface area contributed by atoms with Gasteiger partial charge in [0.2, 0.25) is 10.6 Å². The van der Waals surface area contributed by atoms with Gasteiger partial charge in [-0.3, -0.25) is 5.10 Å². The minimum Gasteiger partial charge on any atom is -0.496 e. The first-order valence-electron chi connectivity index (χ1n) is 6.66. The fraction of sp³-hybridized carbons (Fsp3) is 0.143. The van der Waals surface area contributed by atoms with Crippen molar-refractivity contribution in [2.75, 3.05) is 7.11 Å². The number of aryl methyl sites for hydroxylation is 1. The summed E-state index contributed by atoms with van der Waals surface area (Å²) >= 11 is 8.67. The van der Waals surface area contributed by atoms with E-state index in [2.05, 4.69) is 41.4 Å². The maximum atomic E-state index is 5.33. The summed E-state index contributed by atoms with van der Waals surface area (Å²) in [5.74, 6) is 1.24. The van der Waals surface area contributed by atoms with Gasteiger partial charge in [-0.15, -0.1) is 0 Å². The van der Waals surface area contributed by atoms with Gasteiger partial charge in [-0.25, -0.2) is 5.10 Å². The first kappa shape index (κ1) is 15.6. The van der Waals surface area contributed by atoms with Crippen LogP contribution in [-0.4, -0.2) is 38.4 Å². The SMILES string of the molecule is COc1ccc(Br)cc1/C=N/n1c(-c2cc(C)[nH]n2)n[nH]c1=S. The zero-order valence-corrected chi connectivity index (χ0v) is 14.8. The van der Waals surface area contributed by atoms with Crippen molar-refractivity contribution in [2.24, 2.45) is 5.10 Å². The molecule has 118 valence electrons. The summed E-state index contributed by atoms with van der Waals surface area (Å²) in [6, 6.07) is 7.54. The Bertz CT molecular complexity index is 925. The van der Waals surface area contributed by atoms with Gasteiger partial charge in [0.05, 0.1) is 13.3 Å². The van der Waals surface area contributed by atoms with E-state index in [0.717, 1.165) is 15.7 Å². The molecule has 1 aromatic carbocycles. The van der Waals surface area contributed by atoms with Gasteiger partial charge in [0, 0.05) is 15.7 Å². The molecule has 2 aromatic heterocycles. The molecule has 0 atom stereocenters. The van der Waals surface area contributed by atoms with Crippen LogP contribution in [0.5, 0.6) is 5.75 Å². The first-order chi connectivity index (χ1) is 11.1. The molecule has 0 amide bonds. The maximum Gasteiger partial charge on any atom is 0.216 e. The van der Waals surface area contributed by atoms with Crippen LogP contribution in [0.4, 0.5) is 0 Å². The molecule has 0 saturated heterocycles. The number of nitrogens with zero attached hydrogens (tertiary/aromatic N) is 4. The predicted octanol–water partition coefficient (Wildman–Crippen LogP) is 3.29. The summed E-state index contributed by atoms with van der Waals surface area (Å²) in [7, 11) is 1.61. The van der Waals surface area contributed by atoms with Gasteiger partial charge in [-0.05, 0) is 43.4 Å². The Morgan fingerprint density at radius 2 is 2.13 bits per heavy atom. The van der Waals surface area contributed by atoms with Crippen molar-refractivity contribution in [3.8, 4) is 17.3 Å². The molecule has 2 heterocycles. The van der Waals surface area contributed by atoms with Crippen LogP contribution in [0.2, 0.25) is 0 Å². The predicted molar refractivity (Wildman–Crippen MR) is 93.4 cm³/mol. The van der Waals surface area contributed by atoms with Crippen molar-refractivity contribution in [3.05, 3.63) is 44.8 Å². The topological polar surface area (TPSA) is 83.9 Å². The minimum absolute atomic E-state index is 0.380. The number of H-pyrrole nitrogens is 2. The van der Waals surface area contributed by atoms with Gasteiger partial charge in [0.25, 0.3) is 0 Å². The lowest BCUT2D eigenvalue weighted by molar-refractivity contribution is 0.414. The van der Waals surface area contributed by atoms with Crippen LogP contribution in [-0.2, 0) is 0 Å². The molecule has 0 bridgehead atoms. The average molecular weight is 393 g/mol. The van der Waals surface area contributed by atoms with Crippen LogP contribution in [0, 0.1) is 11.7 Å². The molecule has 7 nitrogen and oxygen atoms in total. The molecule has 0 spiro atoms. The fourth-order valence-corrected chi connectivity index (χ4v) is 2.58. The van der Waals surface area contributed by atoms with E-state index in [0.29, 0.717) is 22.0 Å². The van der Waals surface area contributed by atoms with E-state index < -0.39 is 0 Å². The van der Waals surface area contributed by atoms with E-state index in [9.17, 15) is 0 Å². The van der Waals surface area contributed by atoms with Crippen LogP contribution < -0.4 is 4.74 Å². The van der Waals surface area contributed by atoms with Gasteiger partial charge < -0.3 is 4.74 Å². The molecule has 0 aliphatic heterocycles. The van der Waals surface area contributed by atoms with Gasteiger partial charge in [-0.1, -0.05) is 15.9 Å². The number of ether oxygens (including phenoxy) is 1. The highest BCUT2D eigenvalue weighted by molar-refractivity contribution is 9.10. The molecule has 23 heavy (non-hydrogen) atoms. The number of methoxy groups -OCH3 is 1. The van der Waals surface area contributed by atoms with E-state index in [1.54, 1.807) is 13.3 Å². The van der Waals surface area contributed by atoms with Gasteiger partial charge in [0.1, 0.15) is 11.4 Å². The maximum absolute atomic E-state index is 5.33. The Labute approximate surface area is 145 Å². The van der Waals surface area contributed by atoms with Crippen molar-refractivity contribution in [3.63, 3.8) is 0 Å². The number of nitrogens with one attached hydrogen (secondary N) is 2. The highest BCUT2D eigenvalue weighted by Gasteiger charge is 2.11. The lowest BCUT2D eigenvalue weighted by Crippen LogP contribution is -1.97. The van der Waals surface area contributed by atoms with E-state index in [1.165, 1.54) is 4.68 Å². The summed E-state index contributed by atoms with van der Waals surface area (Å²) < 4.78 is 8.16. The molecule has 3 rings (SSSR count). The van der Waals surface area contributed by atoms with Crippen LogP contribution in [0.3, 0.4) is 0 Å². The fourth-order valence-electron chi connectivity index (χ4n) is 2.02. The van der Waals surface area contributed by atoms with Crippen LogP contribution >= 0.6 is 28.1 Å². The molecule has 2 N–H and O–H groups in total. The lowest BCUT2D eigenvalue weighted by atomic mass is 10.2. The van der Waals surface area contributed by atoms with E-state index in [-0.39, 0.29) is 0 Å². The molecular weight excluding hydrogens is 380 g/mol. The van der Waals surface area contributed by atoms with Crippen molar-refractivity contribution in [1.29, 1.82) is 0 Å². The largest absolute Gasteiger partial charge is 0.496 e. The number of hydrogen-bond donors (Lipinski definition) is 2. The number of aromatic nitrogens is 5. The third-order valence-electron chi connectivity index (χ3n) is 3.09. The van der Waals surface area contributed by atoms with Crippen LogP contribution in [0.25, 0.3) is 11.5 Å². The Kier molecular flexibility index (Phi) is 4.39. The number of aromatic amines is 2. The molecular formula is C14H13BrN6OS. The first-order valence-corrected chi connectivity index (χ1v) is 7.86. The van der Waals surface area contributed by atoms with Crippen molar-refractivity contribution < 1.29 is 4.74 Å². The highest BCUT2D eigenvalue weighted by atomic mass is 79.9. The van der Waals surface area contributed by atoms with E-state index >= 15 is 0 Å². The third kappa shape index (κ3) is 3.25. The minimum atomic E-state index is 0.380. The Morgan fingerprint density at radius 3 is 2.83 bits per heavy atom. The Morgan fingerprint density at radius 1 is 1.30 bits per heavy atom. The monoisotopic (exact) mass is 392 g/mol. The summed E-state index contributed by atoms with van der Waals surface area (Å²) in [5.41, 5.74) is 2.40. The zero-order chi connectivity index (χ0) is 16.4. The quantitative estimate of drug-likeness (QED) is 0.526. The van der Waals surface area contributed by atoms with E-state index in [4.69, 9.17) is 17.0 Å². The molecule has 0 radical (unpaired) electrons. The number of benzene rings is 1. The molecule has 0 aliphatic carbocycles. The Balaban J connectivity index is 2.02. The second-order valence-corrected chi connectivity index (χ2v) is 6.03. The molecule has 0 unspecified atom stereocenters. The summed E-state index contributed by atoms with van der Waals surface area (Å²) in [6.45, 7) is 1.91. The average Bonchev–Trinajstić information content (AvgIpc) is 3.11. The molecule has 9 heteroatoms. The number of rotatable bonds is 4. The normalized spacial score (nSPS) is 11.3. The van der Waals surface area contributed by atoms with Gasteiger partial charge in [0.15, 0.2) is 0 Å². The second kappa shape index (κ2) is 6.47. The molecule has 3 aromatic rings. The molecule has 0 aliphatic rings. The molecule has 0 fully saturated rings. The van der Waals surface area contributed by atoms with Crippen molar-refractivity contribution in [2.45, 2.75) is 6.92 Å². The second-order valence-electron chi connectivity index (χ2n) is 4.73. The zero-order valence-electron chi connectivity index (χ0n) is 12.4. The molecule has 0 saturated carbocycles. The van der Waals surface area contributed by atoms with Crippen molar-refractivity contribution in [1.82, 2.24) is 25.1 Å². The summed E-state index contributed by atoms with van der Waals surface area (Å²) in [5, 5.41) is 18.4. The Hall–Kier alpha value is -2.26. The van der Waals surface area contributed by atoms with Crippen LogP contribution in [0.15, 0.2) is 33.8 Å².